The minimum atomic E-state index is -0.734. The van der Waals surface area contributed by atoms with E-state index < -0.39 is 22.2 Å². The molecule has 104 valence electrons. The van der Waals surface area contributed by atoms with Crippen molar-refractivity contribution in [3.05, 3.63) is 69.5 Å². The van der Waals surface area contributed by atoms with Crippen LogP contribution in [-0.4, -0.2) is 10.0 Å². The monoisotopic (exact) mass is 284 g/mol. The standard InChI is InChI=1S/C15H9FN2O3/c16-13-4-2-1-3-12(13)11(9-17)7-10-5-6-15(19)14(8-10)18(20)21/h1-8,19H/b11-7-. The summed E-state index contributed by atoms with van der Waals surface area (Å²) < 4.78 is 13.7. The number of hydrogen-bond donors (Lipinski definition) is 1. The highest BCUT2D eigenvalue weighted by atomic mass is 19.1. The maximum atomic E-state index is 13.7. The Hall–Kier alpha value is -3.20. The van der Waals surface area contributed by atoms with E-state index >= 15 is 0 Å². The number of rotatable bonds is 3. The molecule has 1 N–H and O–H groups in total. The van der Waals surface area contributed by atoms with Gasteiger partial charge in [-0.25, -0.2) is 4.39 Å². The number of nitro groups is 1. The molecule has 0 unspecified atom stereocenters. The Balaban J connectivity index is 2.52. The fourth-order valence-corrected chi connectivity index (χ4v) is 1.79. The van der Waals surface area contributed by atoms with Gasteiger partial charge in [-0.2, -0.15) is 5.26 Å². The summed E-state index contributed by atoms with van der Waals surface area (Å²) in [5.41, 5.74) is -0.0160. The molecule has 2 aromatic rings. The van der Waals surface area contributed by atoms with Crippen molar-refractivity contribution in [1.82, 2.24) is 0 Å². The number of benzene rings is 2. The number of aromatic hydroxyl groups is 1. The number of hydrogen-bond acceptors (Lipinski definition) is 4. The van der Waals surface area contributed by atoms with Crippen molar-refractivity contribution >= 4 is 17.3 Å². The Kier molecular flexibility index (Phi) is 3.95. The lowest BCUT2D eigenvalue weighted by molar-refractivity contribution is -0.385. The number of nitro benzene ring substituents is 1. The van der Waals surface area contributed by atoms with Gasteiger partial charge in [-0.1, -0.05) is 24.3 Å². The van der Waals surface area contributed by atoms with E-state index in [1.54, 1.807) is 6.07 Å². The second-order valence-electron chi connectivity index (χ2n) is 4.15. The van der Waals surface area contributed by atoms with E-state index in [4.69, 9.17) is 5.26 Å². The first-order chi connectivity index (χ1) is 10.0. The molecule has 2 rings (SSSR count). The highest BCUT2D eigenvalue weighted by Gasteiger charge is 2.14. The van der Waals surface area contributed by atoms with E-state index in [2.05, 4.69) is 0 Å². The zero-order chi connectivity index (χ0) is 15.4. The Morgan fingerprint density at radius 1 is 1.33 bits per heavy atom. The van der Waals surface area contributed by atoms with Gasteiger partial charge >= 0.3 is 5.69 Å². The lowest BCUT2D eigenvalue weighted by Crippen LogP contribution is -1.90. The fraction of sp³-hybridized carbons (Fsp3) is 0. The van der Waals surface area contributed by atoms with E-state index in [1.165, 1.54) is 30.3 Å². The number of phenolic OH excluding ortho intramolecular Hbond substituents is 1. The van der Waals surface area contributed by atoms with Crippen LogP contribution in [0.4, 0.5) is 10.1 Å². The van der Waals surface area contributed by atoms with Gasteiger partial charge in [-0.3, -0.25) is 10.1 Å². The van der Waals surface area contributed by atoms with Crippen molar-refractivity contribution in [3.8, 4) is 11.8 Å². The number of halogens is 1. The van der Waals surface area contributed by atoms with Crippen LogP contribution in [0, 0.1) is 27.3 Å². The summed E-state index contributed by atoms with van der Waals surface area (Å²) in [4.78, 5) is 10.0. The Morgan fingerprint density at radius 3 is 2.67 bits per heavy atom. The second kappa shape index (κ2) is 5.84. The maximum Gasteiger partial charge on any atom is 0.311 e. The first-order valence-electron chi connectivity index (χ1n) is 5.87. The van der Waals surface area contributed by atoms with Gasteiger partial charge in [0, 0.05) is 11.6 Å². The van der Waals surface area contributed by atoms with Crippen molar-refractivity contribution < 1.29 is 14.4 Å². The third-order valence-corrected chi connectivity index (χ3v) is 2.79. The average molecular weight is 284 g/mol. The summed E-state index contributed by atoms with van der Waals surface area (Å²) >= 11 is 0. The van der Waals surface area contributed by atoms with E-state index in [1.807, 2.05) is 6.07 Å². The smallest absolute Gasteiger partial charge is 0.311 e. The highest BCUT2D eigenvalue weighted by molar-refractivity contribution is 5.90. The molecule has 6 heteroatoms. The number of allylic oxidation sites excluding steroid dienone is 1. The second-order valence-corrected chi connectivity index (χ2v) is 4.15. The summed E-state index contributed by atoms with van der Waals surface area (Å²) in [6.07, 6.45) is 1.32. The average Bonchev–Trinajstić information content (AvgIpc) is 2.47. The largest absolute Gasteiger partial charge is 0.502 e. The van der Waals surface area contributed by atoms with Crippen LogP contribution in [0.25, 0.3) is 11.6 Å². The van der Waals surface area contributed by atoms with Crippen molar-refractivity contribution in [2.24, 2.45) is 0 Å². The van der Waals surface area contributed by atoms with Crippen LogP contribution in [0.5, 0.6) is 5.75 Å². The van der Waals surface area contributed by atoms with Crippen LogP contribution in [0.3, 0.4) is 0 Å². The van der Waals surface area contributed by atoms with Crippen LogP contribution < -0.4 is 0 Å². The van der Waals surface area contributed by atoms with E-state index in [-0.39, 0.29) is 11.1 Å². The van der Waals surface area contributed by atoms with Crippen LogP contribution in [0.15, 0.2) is 42.5 Å². The molecule has 0 aliphatic rings. The normalized spacial score (nSPS) is 11.0. The molecule has 2 aromatic carbocycles. The first kappa shape index (κ1) is 14.2. The predicted molar refractivity (Wildman–Crippen MR) is 74.6 cm³/mol. The van der Waals surface area contributed by atoms with Crippen molar-refractivity contribution in [2.45, 2.75) is 0 Å². The van der Waals surface area contributed by atoms with Crippen LogP contribution in [0.1, 0.15) is 11.1 Å². The molecule has 5 nitrogen and oxygen atoms in total. The van der Waals surface area contributed by atoms with Gasteiger partial charge in [0.25, 0.3) is 0 Å². The molecule has 21 heavy (non-hydrogen) atoms. The van der Waals surface area contributed by atoms with Crippen molar-refractivity contribution in [2.75, 3.05) is 0 Å². The molecule has 0 saturated heterocycles. The topological polar surface area (TPSA) is 87.2 Å². The molecule has 0 heterocycles. The zero-order valence-electron chi connectivity index (χ0n) is 10.7. The molecule has 0 aliphatic carbocycles. The molecule has 0 aromatic heterocycles. The van der Waals surface area contributed by atoms with Crippen LogP contribution in [-0.2, 0) is 0 Å². The highest BCUT2D eigenvalue weighted by Crippen LogP contribution is 2.28. The lowest BCUT2D eigenvalue weighted by atomic mass is 10.0. The quantitative estimate of drug-likeness (QED) is 0.404. The SMILES string of the molecule is N#C/C(=C/c1ccc(O)c([N+](=O)[O-])c1)c1ccccc1F. The fourth-order valence-electron chi connectivity index (χ4n) is 1.79. The Labute approximate surface area is 119 Å². The van der Waals surface area contributed by atoms with Gasteiger partial charge in [0.05, 0.1) is 16.6 Å². The predicted octanol–water partition coefficient (Wildman–Crippen LogP) is 3.50. The molecule has 0 bridgehead atoms. The van der Waals surface area contributed by atoms with E-state index in [9.17, 15) is 19.6 Å². The van der Waals surface area contributed by atoms with Crippen LogP contribution >= 0.6 is 0 Å². The molecule has 0 atom stereocenters. The third-order valence-electron chi connectivity index (χ3n) is 2.79. The molecule has 0 radical (unpaired) electrons. The van der Waals surface area contributed by atoms with Crippen molar-refractivity contribution in [3.63, 3.8) is 0 Å². The lowest BCUT2D eigenvalue weighted by Gasteiger charge is -2.02. The van der Waals surface area contributed by atoms with Gasteiger partial charge in [-0.15, -0.1) is 0 Å². The van der Waals surface area contributed by atoms with Gasteiger partial charge < -0.3 is 5.11 Å². The Bertz CT molecular complexity index is 779. The van der Waals surface area contributed by atoms with Gasteiger partial charge in [0.1, 0.15) is 5.82 Å². The van der Waals surface area contributed by atoms with E-state index in [0.717, 1.165) is 12.1 Å². The van der Waals surface area contributed by atoms with E-state index in [0.29, 0.717) is 5.56 Å². The summed E-state index contributed by atoms with van der Waals surface area (Å²) in [6.45, 7) is 0. The van der Waals surface area contributed by atoms with Gasteiger partial charge in [0.2, 0.25) is 0 Å². The van der Waals surface area contributed by atoms with Gasteiger partial charge in [0.15, 0.2) is 5.75 Å². The van der Waals surface area contributed by atoms with Crippen LogP contribution in [0.2, 0.25) is 0 Å². The Morgan fingerprint density at radius 2 is 2.05 bits per heavy atom. The number of phenols is 1. The molecule has 0 fully saturated rings. The number of nitriles is 1. The molecule has 0 saturated carbocycles. The van der Waals surface area contributed by atoms with Crippen molar-refractivity contribution in [1.29, 1.82) is 5.26 Å². The minimum absolute atomic E-state index is 0.0353. The first-order valence-corrected chi connectivity index (χ1v) is 5.87. The molecule has 0 spiro atoms. The molecule has 0 aliphatic heterocycles. The minimum Gasteiger partial charge on any atom is -0.502 e. The third kappa shape index (κ3) is 3.04. The summed E-state index contributed by atoms with van der Waals surface area (Å²) in [5.74, 6) is -1.03. The van der Waals surface area contributed by atoms with Gasteiger partial charge in [-0.05, 0) is 23.8 Å². The summed E-state index contributed by atoms with van der Waals surface area (Å²) in [5, 5.41) is 29.3. The summed E-state index contributed by atoms with van der Waals surface area (Å²) in [7, 11) is 0. The molecular formula is C15H9FN2O3. The maximum absolute atomic E-state index is 13.7. The molecule has 0 amide bonds. The molecular weight excluding hydrogens is 275 g/mol. The number of nitrogens with zero attached hydrogens (tertiary/aromatic N) is 2. The zero-order valence-corrected chi connectivity index (χ0v) is 10.7. The summed E-state index contributed by atoms with van der Waals surface area (Å²) in [6, 6.07) is 11.3.